The lowest BCUT2D eigenvalue weighted by atomic mass is 10.1. The SMILES string of the molecule is CC#CCCC(NC)C1CSCCS1. The summed E-state index contributed by atoms with van der Waals surface area (Å²) in [4.78, 5) is 0. The van der Waals surface area contributed by atoms with E-state index in [4.69, 9.17) is 0 Å². The van der Waals surface area contributed by atoms with Crippen LogP contribution in [0.5, 0.6) is 0 Å². The first-order chi connectivity index (χ1) is 6.88. The lowest BCUT2D eigenvalue weighted by Gasteiger charge is -2.28. The maximum absolute atomic E-state index is 3.43. The van der Waals surface area contributed by atoms with Crippen LogP contribution in [-0.2, 0) is 0 Å². The minimum atomic E-state index is 0.647. The van der Waals surface area contributed by atoms with Gasteiger partial charge in [-0.15, -0.1) is 11.8 Å². The maximum Gasteiger partial charge on any atom is 0.0292 e. The molecule has 1 nitrogen and oxygen atoms in total. The van der Waals surface area contributed by atoms with Crippen molar-refractivity contribution in [2.75, 3.05) is 24.3 Å². The Bertz CT molecular complexity index is 201. The van der Waals surface area contributed by atoms with E-state index in [2.05, 4.69) is 47.7 Å². The quantitative estimate of drug-likeness (QED) is 0.743. The third kappa shape index (κ3) is 4.16. The third-order valence-electron chi connectivity index (χ3n) is 2.42. The van der Waals surface area contributed by atoms with E-state index in [1.807, 2.05) is 6.92 Å². The summed E-state index contributed by atoms with van der Waals surface area (Å²) in [6, 6.07) is 0.647. The molecule has 0 radical (unpaired) electrons. The number of rotatable bonds is 4. The van der Waals surface area contributed by atoms with Gasteiger partial charge in [0.05, 0.1) is 0 Å². The number of hydrogen-bond acceptors (Lipinski definition) is 3. The molecule has 0 aliphatic carbocycles. The van der Waals surface area contributed by atoms with E-state index in [1.165, 1.54) is 23.7 Å². The smallest absolute Gasteiger partial charge is 0.0292 e. The summed E-state index contributed by atoms with van der Waals surface area (Å²) in [6.45, 7) is 1.92. The van der Waals surface area contributed by atoms with Gasteiger partial charge >= 0.3 is 0 Å². The Kier molecular flexibility index (Phi) is 6.59. The van der Waals surface area contributed by atoms with E-state index in [1.54, 1.807) is 0 Å². The summed E-state index contributed by atoms with van der Waals surface area (Å²) in [5.74, 6) is 10.0. The molecule has 14 heavy (non-hydrogen) atoms. The molecule has 0 amide bonds. The van der Waals surface area contributed by atoms with Gasteiger partial charge in [0.15, 0.2) is 0 Å². The molecule has 80 valence electrons. The van der Waals surface area contributed by atoms with Crippen molar-refractivity contribution in [3.63, 3.8) is 0 Å². The lowest BCUT2D eigenvalue weighted by molar-refractivity contribution is 0.529. The van der Waals surface area contributed by atoms with Crippen molar-refractivity contribution in [3.05, 3.63) is 0 Å². The number of thioether (sulfide) groups is 2. The highest BCUT2D eigenvalue weighted by Gasteiger charge is 2.22. The molecule has 0 bridgehead atoms. The third-order valence-corrected chi connectivity index (χ3v) is 5.34. The van der Waals surface area contributed by atoms with Gasteiger partial charge in [-0.3, -0.25) is 0 Å². The second-order valence-electron chi connectivity index (χ2n) is 3.34. The molecule has 2 unspecified atom stereocenters. The van der Waals surface area contributed by atoms with Crippen molar-refractivity contribution >= 4 is 23.5 Å². The molecule has 0 aromatic heterocycles. The molecular weight excluding hydrogens is 210 g/mol. The Labute approximate surface area is 96.2 Å². The van der Waals surface area contributed by atoms with Crippen LogP contribution in [0.15, 0.2) is 0 Å². The van der Waals surface area contributed by atoms with Crippen LogP contribution in [0.1, 0.15) is 19.8 Å². The van der Waals surface area contributed by atoms with Crippen LogP contribution >= 0.6 is 23.5 Å². The highest BCUT2D eigenvalue weighted by Crippen LogP contribution is 2.27. The molecule has 1 heterocycles. The van der Waals surface area contributed by atoms with Gasteiger partial charge in [0.25, 0.3) is 0 Å². The zero-order chi connectivity index (χ0) is 10.2. The van der Waals surface area contributed by atoms with Crippen molar-refractivity contribution in [2.45, 2.75) is 31.1 Å². The Morgan fingerprint density at radius 1 is 1.50 bits per heavy atom. The Morgan fingerprint density at radius 2 is 2.36 bits per heavy atom. The molecule has 0 aromatic rings. The van der Waals surface area contributed by atoms with Gasteiger partial charge in [0.2, 0.25) is 0 Å². The van der Waals surface area contributed by atoms with Crippen molar-refractivity contribution in [3.8, 4) is 11.8 Å². The summed E-state index contributed by atoms with van der Waals surface area (Å²) in [5, 5.41) is 4.22. The lowest BCUT2D eigenvalue weighted by Crippen LogP contribution is -2.38. The molecule has 0 saturated carbocycles. The highest BCUT2D eigenvalue weighted by atomic mass is 32.2. The molecule has 1 saturated heterocycles. The Morgan fingerprint density at radius 3 is 2.93 bits per heavy atom. The first kappa shape index (κ1) is 12.3. The molecule has 1 aliphatic rings. The normalized spacial score (nSPS) is 23.7. The van der Waals surface area contributed by atoms with Gasteiger partial charge in [-0.2, -0.15) is 23.5 Å². The van der Waals surface area contributed by atoms with Crippen molar-refractivity contribution in [1.82, 2.24) is 5.32 Å². The molecular formula is C11H19NS2. The van der Waals surface area contributed by atoms with Crippen LogP contribution in [-0.4, -0.2) is 35.6 Å². The minimum Gasteiger partial charge on any atom is -0.316 e. The number of nitrogens with one attached hydrogen (secondary N) is 1. The Hall–Kier alpha value is 0.220. The fourth-order valence-electron chi connectivity index (χ4n) is 1.61. The predicted molar refractivity (Wildman–Crippen MR) is 69.1 cm³/mol. The van der Waals surface area contributed by atoms with E-state index in [0.29, 0.717) is 6.04 Å². The molecule has 3 heteroatoms. The van der Waals surface area contributed by atoms with Crippen LogP contribution < -0.4 is 5.32 Å². The number of hydrogen-bond donors (Lipinski definition) is 1. The fourth-order valence-corrected chi connectivity index (χ4v) is 4.58. The summed E-state index contributed by atoms with van der Waals surface area (Å²) >= 11 is 4.21. The van der Waals surface area contributed by atoms with E-state index >= 15 is 0 Å². The van der Waals surface area contributed by atoms with Crippen LogP contribution in [0.25, 0.3) is 0 Å². The van der Waals surface area contributed by atoms with Crippen molar-refractivity contribution in [2.24, 2.45) is 0 Å². The van der Waals surface area contributed by atoms with Crippen molar-refractivity contribution < 1.29 is 0 Å². The summed E-state index contributed by atoms with van der Waals surface area (Å²) in [6.07, 6.45) is 2.22. The highest BCUT2D eigenvalue weighted by molar-refractivity contribution is 8.06. The summed E-state index contributed by atoms with van der Waals surface area (Å²) in [7, 11) is 2.07. The van der Waals surface area contributed by atoms with E-state index in [-0.39, 0.29) is 0 Å². The average molecular weight is 229 g/mol. The zero-order valence-electron chi connectivity index (χ0n) is 9.01. The van der Waals surface area contributed by atoms with Gasteiger partial charge in [-0.05, 0) is 20.4 Å². The van der Waals surface area contributed by atoms with Crippen LogP contribution in [0.2, 0.25) is 0 Å². The molecule has 0 aromatic carbocycles. The predicted octanol–water partition coefficient (Wildman–Crippen LogP) is 2.23. The molecule has 1 fully saturated rings. The topological polar surface area (TPSA) is 12.0 Å². The molecule has 2 atom stereocenters. The van der Waals surface area contributed by atoms with Crippen LogP contribution in [0, 0.1) is 11.8 Å². The van der Waals surface area contributed by atoms with Crippen LogP contribution in [0.3, 0.4) is 0 Å². The molecule has 0 spiro atoms. The second-order valence-corrected chi connectivity index (χ2v) is 5.84. The monoisotopic (exact) mass is 229 g/mol. The first-order valence-corrected chi connectivity index (χ1v) is 7.35. The van der Waals surface area contributed by atoms with E-state index < -0.39 is 0 Å². The minimum absolute atomic E-state index is 0.647. The largest absolute Gasteiger partial charge is 0.316 e. The van der Waals surface area contributed by atoms with E-state index in [0.717, 1.165) is 11.7 Å². The van der Waals surface area contributed by atoms with Gasteiger partial charge in [-0.25, -0.2) is 0 Å². The first-order valence-electron chi connectivity index (χ1n) is 5.14. The fraction of sp³-hybridized carbons (Fsp3) is 0.818. The zero-order valence-corrected chi connectivity index (χ0v) is 10.6. The van der Waals surface area contributed by atoms with E-state index in [9.17, 15) is 0 Å². The van der Waals surface area contributed by atoms with Gasteiger partial charge in [0.1, 0.15) is 0 Å². The average Bonchev–Trinajstić information content (AvgIpc) is 2.26. The second kappa shape index (κ2) is 7.50. The molecule has 1 aliphatic heterocycles. The maximum atomic E-state index is 3.43. The van der Waals surface area contributed by atoms with Crippen molar-refractivity contribution in [1.29, 1.82) is 0 Å². The van der Waals surface area contributed by atoms with Gasteiger partial charge in [0, 0.05) is 35.0 Å². The molecule has 1 N–H and O–H groups in total. The standard InChI is InChI=1S/C11H19NS2/c1-3-4-5-6-10(12-2)11-9-13-7-8-14-11/h10-12H,5-9H2,1-2H3. The summed E-state index contributed by atoms with van der Waals surface area (Å²) in [5.41, 5.74) is 0. The summed E-state index contributed by atoms with van der Waals surface area (Å²) < 4.78 is 0. The Balaban J connectivity index is 2.30. The van der Waals surface area contributed by atoms with Gasteiger partial charge < -0.3 is 5.32 Å². The molecule has 1 rings (SSSR count). The van der Waals surface area contributed by atoms with Crippen LogP contribution in [0.4, 0.5) is 0 Å². The van der Waals surface area contributed by atoms with Gasteiger partial charge in [-0.1, -0.05) is 0 Å².